The third-order valence-corrected chi connectivity index (χ3v) is 6.87. The zero-order chi connectivity index (χ0) is 23.5. The third-order valence-electron chi connectivity index (χ3n) is 6.87. The van der Waals surface area contributed by atoms with Gasteiger partial charge in [0.2, 0.25) is 5.91 Å². The van der Waals surface area contributed by atoms with Crippen LogP contribution in [0.3, 0.4) is 0 Å². The van der Waals surface area contributed by atoms with Crippen molar-refractivity contribution in [2.45, 2.75) is 25.9 Å². The summed E-state index contributed by atoms with van der Waals surface area (Å²) in [7, 11) is 0. The molecule has 2 aliphatic rings. The normalized spacial score (nSPS) is 18.4. The van der Waals surface area contributed by atoms with E-state index in [1.807, 2.05) is 42.2 Å². The maximum absolute atomic E-state index is 12.9. The molecule has 8 heteroatoms. The summed E-state index contributed by atoms with van der Waals surface area (Å²) in [6, 6.07) is 11.8. The van der Waals surface area contributed by atoms with Gasteiger partial charge in [0.05, 0.1) is 43.8 Å². The molecule has 8 nitrogen and oxygen atoms in total. The molecular formula is C26H28N6O2. The van der Waals surface area contributed by atoms with Crippen molar-refractivity contribution in [3.8, 4) is 5.69 Å². The first-order chi connectivity index (χ1) is 16.6. The minimum absolute atomic E-state index is 0.0213. The topological polar surface area (TPSA) is 67.8 Å². The Kier molecular flexibility index (Phi) is 6.39. The first-order valence-corrected chi connectivity index (χ1v) is 11.7. The molecule has 1 fully saturated rings. The molecule has 0 radical (unpaired) electrons. The van der Waals surface area contributed by atoms with E-state index in [0.717, 1.165) is 61.6 Å². The largest absolute Gasteiger partial charge is 0.372 e. The van der Waals surface area contributed by atoms with Gasteiger partial charge in [0, 0.05) is 32.7 Å². The van der Waals surface area contributed by atoms with E-state index in [-0.39, 0.29) is 12.0 Å². The number of hydrogen-bond donors (Lipinski definition) is 0. The highest BCUT2D eigenvalue weighted by atomic mass is 16.5. The Balaban J connectivity index is 1.15. The number of benzene rings is 2. The zero-order valence-corrected chi connectivity index (χ0v) is 19.4. The van der Waals surface area contributed by atoms with Crippen molar-refractivity contribution in [3.05, 3.63) is 82.5 Å². The van der Waals surface area contributed by atoms with E-state index in [1.165, 1.54) is 11.1 Å². The molecule has 2 aliphatic heterocycles. The summed E-state index contributed by atoms with van der Waals surface area (Å²) in [6.45, 7) is 14.0. The van der Waals surface area contributed by atoms with Gasteiger partial charge in [0.1, 0.15) is 0 Å². The van der Waals surface area contributed by atoms with Crippen molar-refractivity contribution in [1.82, 2.24) is 24.8 Å². The number of amides is 1. The molecule has 34 heavy (non-hydrogen) atoms. The van der Waals surface area contributed by atoms with E-state index in [2.05, 4.69) is 26.1 Å². The average Bonchev–Trinajstić information content (AvgIpc) is 3.41. The minimum atomic E-state index is 0.0213. The second kappa shape index (κ2) is 9.75. The fourth-order valence-electron chi connectivity index (χ4n) is 4.88. The lowest BCUT2D eigenvalue weighted by atomic mass is 9.92. The smallest absolute Gasteiger partial charge is 0.227 e. The lowest BCUT2D eigenvalue weighted by Gasteiger charge is -2.38. The van der Waals surface area contributed by atoms with Gasteiger partial charge in [0.15, 0.2) is 5.69 Å². The number of carbonyl (C=O) groups is 1. The number of fused-ring (bicyclic) bond motifs is 1. The maximum atomic E-state index is 12.9. The van der Waals surface area contributed by atoms with Crippen LogP contribution in [0.5, 0.6) is 0 Å². The summed E-state index contributed by atoms with van der Waals surface area (Å²) >= 11 is 0. The molecule has 5 rings (SSSR count). The number of ether oxygens (including phenoxy) is 1. The number of aromatic nitrogens is 3. The second-order valence-corrected chi connectivity index (χ2v) is 8.87. The molecule has 2 aromatic carbocycles. The molecule has 0 spiro atoms. The highest BCUT2D eigenvalue weighted by molar-refractivity contribution is 5.79. The third kappa shape index (κ3) is 4.58. The number of nitrogens with zero attached hydrogens (tertiary/aromatic N) is 6. The number of carbonyl (C=O) groups excluding carboxylic acids is 1. The molecule has 3 aromatic rings. The minimum Gasteiger partial charge on any atom is -0.372 e. The maximum Gasteiger partial charge on any atom is 0.227 e. The van der Waals surface area contributed by atoms with E-state index in [9.17, 15) is 4.79 Å². The standard InChI is InChI=1S/C26H28N6O2/c1-19-22-9-16-34-25(23(22)7-8-24(19)27-2)18-30-12-14-31(15-13-30)26(33)17-20-3-5-21(6-4-20)32-11-10-28-29-32/h3-8,10-11,25H,9,12-18H2,1H3. The number of rotatable bonds is 5. The van der Waals surface area contributed by atoms with Crippen molar-refractivity contribution < 1.29 is 9.53 Å². The van der Waals surface area contributed by atoms with Crippen LogP contribution in [0, 0.1) is 13.5 Å². The van der Waals surface area contributed by atoms with E-state index >= 15 is 0 Å². The van der Waals surface area contributed by atoms with Gasteiger partial charge in [-0.1, -0.05) is 29.5 Å². The Labute approximate surface area is 199 Å². The highest BCUT2D eigenvalue weighted by Crippen LogP contribution is 2.34. The van der Waals surface area contributed by atoms with Crippen LogP contribution in [0.1, 0.15) is 28.4 Å². The van der Waals surface area contributed by atoms with Crippen molar-refractivity contribution in [2.24, 2.45) is 0 Å². The molecule has 1 saturated heterocycles. The monoisotopic (exact) mass is 456 g/mol. The fourth-order valence-corrected chi connectivity index (χ4v) is 4.88. The molecule has 0 aliphatic carbocycles. The summed E-state index contributed by atoms with van der Waals surface area (Å²) in [5.41, 5.74) is 6.23. The van der Waals surface area contributed by atoms with Gasteiger partial charge in [-0.25, -0.2) is 9.53 Å². The zero-order valence-electron chi connectivity index (χ0n) is 19.4. The molecular weight excluding hydrogens is 428 g/mol. The second-order valence-electron chi connectivity index (χ2n) is 8.87. The Morgan fingerprint density at radius 2 is 1.94 bits per heavy atom. The molecule has 1 unspecified atom stereocenters. The molecule has 0 saturated carbocycles. The molecule has 1 aromatic heterocycles. The van der Waals surface area contributed by atoms with Crippen molar-refractivity contribution in [1.29, 1.82) is 0 Å². The van der Waals surface area contributed by atoms with Crippen LogP contribution in [0.4, 0.5) is 5.69 Å². The summed E-state index contributed by atoms with van der Waals surface area (Å²) in [4.78, 5) is 20.9. The van der Waals surface area contributed by atoms with Crippen LogP contribution in [-0.4, -0.2) is 70.0 Å². The Morgan fingerprint density at radius 3 is 2.65 bits per heavy atom. The Morgan fingerprint density at radius 1 is 1.15 bits per heavy atom. The van der Waals surface area contributed by atoms with Crippen molar-refractivity contribution in [2.75, 3.05) is 39.3 Å². The Hall–Kier alpha value is -3.54. The summed E-state index contributed by atoms with van der Waals surface area (Å²) in [6.07, 6.45) is 4.72. The van der Waals surface area contributed by atoms with Crippen molar-refractivity contribution in [3.63, 3.8) is 0 Å². The van der Waals surface area contributed by atoms with Crippen molar-refractivity contribution >= 4 is 11.6 Å². The van der Waals surface area contributed by atoms with E-state index < -0.39 is 0 Å². The van der Waals surface area contributed by atoms with E-state index in [4.69, 9.17) is 11.3 Å². The van der Waals surface area contributed by atoms with Crippen LogP contribution >= 0.6 is 0 Å². The molecule has 3 heterocycles. The molecule has 0 N–H and O–H groups in total. The summed E-state index contributed by atoms with van der Waals surface area (Å²) in [5, 5.41) is 7.82. The quantitative estimate of drug-likeness (QED) is 0.552. The van der Waals surface area contributed by atoms with Gasteiger partial charge >= 0.3 is 0 Å². The van der Waals surface area contributed by atoms with E-state index in [1.54, 1.807) is 17.1 Å². The van der Waals surface area contributed by atoms with Crippen LogP contribution < -0.4 is 0 Å². The molecule has 174 valence electrons. The van der Waals surface area contributed by atoms with Gasteiger partial charge in [-0.2, -0.15) is 0 Å². The van der Waals surface area contributed by atoms with Crippen LogP contribution in [0.25, 0.3) is 10.5 Å². The first-order valence-electron chi connectivity index (χ1n) is 11.7. The Bertz CT molecular complexity index is 1190. The van der Waals surface area contributed by atoms with Gasteiger partial charge in [-0.15, -0.1) is 5.10 Å². The lowest BCUT2D eigenvalue weighted by molar-refractivity contribution is -0.132. The SMILES string of the molecule is [C-]#[N+]c1ccc2c(c1C)CCOC2CN1CCN(C(=O)Cc2ccc(-n3ccnn3)cc2)CC1. The van der Waals surface area contributed by atoms with Gasteiger partial charge < -0.3 is 9.64 Å². The summed E-state index contributed by atoms with van der Waals surface area (Å²) < 4.78 is 7.81. The van der Waals surface area contributed by atoms with Gasteiger partial charge in [-0.3, -0.25) is 9.69 Å². The fraction of sp³-hybridized carbons (Fsp3) is 0.385. The number of hydrogen-bond acceptors (Lipinski definition) is 5. The predicted molar refractivity (Wildman–Crippen MR) is 128 cm³/mol. The average molecular weight is 457 g/mol. The lowest BCUT2D eigenvalue weighted by Crippen LogP contribution is -2.50. The van der Waals surface area contributed by atoms with Crippen LogP contribution in [0.2, 0.25) is 0 Å². The van der Waals surface area contributed by atoms with Crippen LogP contribution in [0.15, 0.2) is 48.8 Å². The van der Waals surface area contributed by atoms with Gasteiger partial charge in [0.25, 0.3) is 0 Å². The summed E-state index contributed by atoms with van der Waals surface area (Å²) in [5.74, 6) is 0.162. The molecule has 1 amide bonds. The predicted octanol–water partition coefficient (Wildman–Crippen LogP) is 3.13. The van der Waals surface area contributed by atoms with Crippen LogP contribution in [-0.2, 0) is 22.4 Å². The molecule has 0 bridgehead atoms. The van der Waals surface area contributed by atoms with E-state index in [0.29, 0.717) is 13.0 Å². The highest BCUT2D eigenvalue weighted by Gasteiger charge is 2.28. The first kappa shape index (κ1) is 22.3. The molecule has 1 atom stereocenters. The number of piperazine rings is 1. The van der Waals surface area contributed by atoms with Gasteiger partial charge in [-0.05, 0) is 47.7 Å².